The van der Waals surface area contributed by atoms with Gasteiger partial charge >= 0.3 is 0 Å². The Labute approximate surface area is 145 Å². The van der Waals surface area contributed by atoms with Gasteiger partial charge in [0.25, 0.3) is 0 Å². The van der Waals surface area contributed by atoms with E-state index in [1.54, 1.807) is 12.1 Å². The van der Waals surface area contributed by atoms with Gasteiger partial charge in [0, 0.05) is 5.02 Å². The average Bonchev–Trinajstić information content (AvgIpc) is 2.41. The predicted octanol–water partition coefficient (Wildman–Crippen LogP) is 6.98. The van der Waals surface area contributed by atoms with Crippen molar-refractivity contribution >= 4 is 75.3 Å². The molecule has 0 saturated carbocycles. The number of hydrogen-bond acceptors (Lipinski definition) is 2. The minimum Gasteiger partial charge on any atom is -0.452 e. The van der Waals surface area contributed by atoms with E-state index < -0.39 is 0 Å². The van der Waals surface area contributed by atoms with Crippen molar-refractivity contribution in [2.45, 2.75) is 0 Å². The van der Waals surface area contributed by atoms with Crippen LogP contribution in [0.2, 0.25) is 30.1 Å². The van der Waals surface area contributed by atoms with Crippen molar-refractivity contribution in [2.24, 2.45) is 0 Å². The van der Waals surface area contributed by atoms with Gasteiger partial charge in [-0.1, -0.05) is 69.6 Å². The third-order valence-electron chi connectivity index (χ3n) is 2.36. The first kappa shape index (κ1) is 16.2. The van der Waals surface area contributed by atoms with E-state index in [1.807, 2.05) is 0 Å². The molecule has 20 heavy (non-hydrogen) atoms. The van der Waals surface area contributed by atoms with Gasteiger partial charge in [-0.25, -0.2) is 0 Å². The standard InChI is InChI=1S/C12H5Cl6NO/c13-4-1-2-6(5(14)3-4)20-12-10(18)8(16)7(15)9(17)11(12)19/h1-3H,19H2. The Hall–Kier alpha value is -0.220. The van der Waals surface area contributed by atoms with Gasteiger partial charge in [0.1, 0.15) is 10.8 Å². The normalized spacial score (nSPS) is 10.7. The van der Waals surface area contributed by atoms with Crippen molar-refractivity contribution in [3.05, 3.63) is 48.3 Å². The molecule has 0 aliphatic carbocycles. The minimum absolute atomic E-state index is 0.0459. The average molecular weight is 392 g/mol. The second-order valence-corrected chi connectivity index (χ2v) is 6.03. The van der Waals surface area contributed by atoms with Crippen molar-refractivity contribution in [3.63, 3.8) is 0 Å². The molecule has 2 aromatic carbocycles. The smallest absolute Gasteiger partial charge is 0.172 e. The first-order valence-corrected chi connectivity index (χ1v) is 7.34. The van der Waals surface area contributed by atoms with Gasteiger partial charge < -0.3 is 10.5 Å². The number of anilines is 1. The number of rotatable bonds is 2. The van der Waals surface area contributed by atoms with Crippen LogP contribution in [0.4, 0.5) is 5.69 Å². The van der Waals surface area contributed by atoms with Crippen LogP contribution < -0.4 is 10.5 Å². The molecule has 0 saturated heterocycles. The van der Waals surface area contributed by atoms with E-state index in [0.717, 1.165) is 0 Å². The number of nitrogen functional groups attached to an aromatic ring is 1. The molecule has 8 heteroatoms. The van der Waals surface area contributed by atoms with Crippen LogP contribution in [0.3, 0.4) is 0 Å². The van der Waals surface area contributed by atoms with Crippen LogP contribution in [0.5, 0.6) is 11.5 Å². The summed E-state index contributed by atoms with van der Waals surface area (Å²) in [4.78, 5) is 0. The van der Waals surface area contributed by atoms with Crippen molar-refractivity contribution in [1.29, 1.82) is 0 Å². The number of ether oxygens (including phenoxy) is 1. The van der Waals surface area contributed by atoms with Crippen molar-refractivity contribution in [1.82, 2.24) is 0 Å². The molecule has 0 aliphatic heterocycles. The van der Waals surface area contributed by atoms with Crippen molar-refractivity contribution in [2.75, 3.05) is 5.73 Å². The largest absolute Gasteiger partial charge is 0.452 e. The van der Waals surface area contributed by atoms with E-state index in [-0.39, 0.29) is 36.6 Å². The number of benzene rings is 2. The second-order valence-electron chi connectivity index (χ2n) is 3.68. The quantitative estimate of drug-likeness (QED) is 0.340. The van der Waals surface area contributed by atoms with E-state index >= 15 is 0 Å². The monoisotopic (exact) mass is 389 g/mol. The fourth-order valence-corrected chi connectivity index (χ4v) is 2.73. The van der Waals surface area contributed by atoms with Crippen molar-refractivity contribution < 1.29 is 4.74 Å². The molecule has 0 spiro atoms. The fourth-order valence-electron chi connectivity index (χ4n) is 1.40. The molecule has 0 atom stereocenters. The molecule has 2 N–H and O–H groups in total. The summed E-state index contributed by atoms with van der Waals surface area (Å²) in [6.45, 7) is 0. The van der Waals surface area contributed by atoms with Crippen LogP contribution in [0.15, 0.2) is 18.2 Å². The first-order valence-electron chi connectivity index (χ1n) is 5.07. The van der Waals surface area contributed by atoms with Gasteiger partial charge in [-0.05, 0) is 18.2 Å². The molecule has 2 nitrogen and oxygen atoms in total. The molecular formula is C12H5Cl6NO. The molecule has 0 amide bonds. The zero-order valence-corrected chi connectivity index (χ0v) is 14.0. The van der Waals surface area contributed by atoms with Crippen LogP contribution in [0, 0.1) is 0 Å². The Balaban J connectivity index is 2.54. The molecule has 0 fully saturated rings. The molecule has 0 unspecified atom stereocenters. The summed E-state index contributed by atoms with van der Waals surface area (Å²) in [7, 11) is 0. The van der Waals surface area contributed by atoms with Crippen molar-refractivity contribution in [3.8, 4) is 11.5 Å². The third kappa shape index (κ3) is 3.01. The highest BCUT2D eigenvalue weighted by molar-refractivity contribution is 6.53. The molecular weight excluding hydrogens is 387 g/mol. The summed E-state index contributed by atoms with van der Waals surface area (Å²) >= 11 is 35.7. The molecule has 0 aliphatic rings. The van der Waals surface area contributed by atoms with Gasteiger partial charge in [0.15, 0.2) is 5.75 Å². The molecule has 0 heterocycles. The lowest BCUT2D eigenvalue weighted by Crippen LogP contribution is -1.96. The van der Waals surface area contributed by atoms with Gasteiger partial charge in [-0.15, -0.1) is 0 Å². The SMILES string of the molecule is Nc1c(Cl)c(Cl)c(Cl)c(Cl)c1Oc1ccc(Cl)cc1Cl. The maximum atomic E-state index is 6.06. The summed E-state index contributed by atoms with van der Waals surface area (Å²) in [5, 5.41) is 0.965. The van der Waals surface area contributed by atoms with E-state index in [1.165, 1.54) is 6.07 Å². The third-order valence-corrected chi connectivity index (χ3v) is 4.69. The molecule has 0 radical (unpaired) electrons. The highest BCUT2D eigenvalue weighted by Crippen LogP contribution is 2.49. The van der Waals surface area contributed by atoms with Gasteiger partial charge in [0.2, 0.25) is 0 Å². The highest BCUT2D eigenvalue weighted by atomic mass is 35.5. The highest BCUT2D eigenvalue weighted by Gasteiger charge is 2.21. The zero-order chi connectivity index (χ0) is 15.0. The number of hydrogen-bond donors (Lipinski definition) is 1. The lowest BCUT2D eigenvalue weighted by molar-refractivity contribution is 0.485. The minimum atomic E-state index is 0.0459. The molecule has 2 aromatic rings. The molecule has 2 rings (SSSR count). The molecule has 106 valence electrons. The van der Waals surface area contributed by atoms with E-state index in [4.69, 9.17) is 80.1 Å². The number of nitrogens with two attached hydrogens (primary N) is 1. The van der Waals surface area contributed by atoms with Gasteiger partial charge in [-0.3, -0.25) is 0 Å². The maximum absolute atomic E-state index is 6.06. The summed E-state index contributed by atoms with van der Waals surface area (Å²) in [5.74, 6) is 0.384. The Kier molecular flexibility index (Phi) is 5.06. The molecule has 0 aromatic heterocycles. The van der Waals surface area contributed by atoms with Crippen LogP contribution in [-0.4, -0.2) is 0 Å². The van der Waals surface area contributed by atoms with E-state index in [9.17, 15) is 0 Å². The van der Waals surface area contributed by atoms with Crippen LogP contribution in [0.1, 0.15) is 0 Å². The van der Waals surface area contributed by atoms with Crippen LogP contribution in [-0.2, 0) is 0 Å². The topological polar surface area (TPSA) is 35.2 Å². The summed E-state index contributed by atoms with van der Waals surface area (Å²) in [6.07, 6.45) is 0. The second kappa shape index (κ2) is 6.27. The lowest BCUT2D eigenvalue weighted by Gasteiger charge is -2.15. The summed E-state index contributed by atoms with van der Waals surface area (Å²) in [6, 6.07) is 4.69. The Bertz CT molecular complexity index is 659. The summed E-state index contributed by atoms with van der Waals surface area (Å²) in [5.41, 5.74) is 5.89. The number of halogens is 6. The Morgan fingerprint density at radius 3 is 2.00 bits per heavy atom. The Morgan fingerprint density at radius 2 is 1.40 bits per heavy atom. The van der Waals surface area contributed by atoms with Crippen LogP contribution >= 0.6 is 69.6 Å². The van der Waals surface area contributed by atoms with Gasteiger partial charge in [-0.2, -0.15) is 0 Å². The van der Waals surface area contributed by atoms with Gasteiger partial charge in [0.05, 0.1) is 25.8 Å². The first-order chi connectivity index (χ1) is 9.32. The van der Waals surface area contributed by atoms with E-state index in [0.29, 0.717) is 10.8 Å². The lowest BCUT2D eigenvalue weighted by atomic mass is 10.3. The predicted molar refractivity (Wildman–Crippen MR) is 87.4 cm³/mol. The maximum Gasteiger partial charge on any atom is 0.172 e. The Morgan fingerprint density at radius 1 is 0.800 bits per heavy atom. The van der Waals surface area contributed by atoms with E-state index in [2.05, 4.69) is 0 Å². The molecule has 0 bridgehead atoms. The van der Waals surface area contributed by atoms with Crippen LogP contribution in [0.25, 0.3) is 0 Å². The summed E-state index contributed by atoms with van der Waals surface area (Å²) < 4.78 is 5.57. The fraction of sp³-hybridized carbons (Fsp3) is 0. The zero-order valence-electron chi connectivity index (χ0n) is 9.49.